The van der Waals surface area contributed by atoms with E-state index in [1.54, 1.807) is 11.8 Å². The minimum absolute atomic E-state index is 0.00813. The zero-order chi connectivity index (χ0) is 13.4. The van der Waals surface area contributed by atoms with Crippen molar-refractivity contribution in [3.05, 3.63) is 35.4 Å². The number of fused-ring (bicyclic) bond motifs is 1. The number of aryl methyl sites for hydroxylation is 1. The van der Waals surface area contributed by atoms with Crippen LogP contribution in [0.1, 0.15) is 37.4 Å². The van der Waals surface area contributed by atoms with Crippen LogP contribution in [0.2, 0.25) is 0 Å². The monoisotopic (exact) mass is 274 g/mol. The van der Waals surface area contributed by atoms with Crippen LogP contribution in [-0.2, 0) is 11.2 Å². The first-order valence-corrected chi connectivity index (χ1v) is 7.66. The molecule has 1 aromatic carbocycles. The van der Waals surface area contributed by atoms with Gasteiger partial charge in [0.05, 0.1) is 11.3 Å². The second kappa shape index (κ2) is 5.00. The molecule has 0 saturated carbocycles. The van der Waals surface area contributed by atoms with Crippen molar-refractivity contribution < 1.29 is 4.79 Å². The largest absolute Gasteiger partial charge is 0.358 e. The maximum Gasteiger partial charge on any atom is 0.261 e. The van der Waals surface area contributed by atoms with Gasteiger partial charge in [-0.3, -0.25) is 4.79 Å². The summed E-state index contributed by atoms with van der Waals surface area (Å²) in [6, 6.07) is 8.82. The molecular weight excluding hydrogens is 256 g/mol. The Morgan fingerprint density at radius 1 is 1.37 bits per heavy atom. The van der Waals surface area contributed by atoms with Crippen molar-refractivity contribution in [2.24, 2.45) is 10.9 Å². The Morgan fingerprint density at radius 3 is 2.89 bits per heavy atom. The quantitative estimate of drug-likeness (QED) is 0.901. The van der Waals surface area contributed by atoms with E-state index in [-0.39, 0.29) is 11.2 Å². The smallest absolute Gasteiger partial charge is 0.261 e. The van der Waals surface area contributed by atoms with Gasteiger partial charge in [0.1, 0.15) is 0 Å². The van der Waals surface area contributed by atoms with Gasteiger partial charge in [-0.1, -0.05) is 49.9 Å². The lowest BCUT2D eigenvalue weighted by atomic mass is 10.1. The number of carbonyl (C=O) groups is 1. The van der Waals surface area contributed by atoms with Gasteiger partial charge in [-0.2, -0.15) is 4.99 Å². The summed E-state index contributed by atoms with van der Waals surface area (Å²) in [7, 11) is 0. The van der Waals surface area contributed by atoms with Crippen LogP contribution in [0.4, 0.5) is 0 Å². The number of amidine groups is 1. The van der Waals surface area contributed by atoms with Gasteiger partial charge in [-0.15, -0.1) is 0 Å². The van der Waals surface area contributed by atoms with Crippen LogP contribution < -0.4 is 5.32 Å². The van der Waals surface area contributed by atoms with Gasteiger partial charge >= 0.3 is 0 Å². The highest BCUT2D eigenvalue weighted by molar-refractivity contribution is 8.15. The molecule has 1 amide bonds. The summed E-state index contributed by atoms with van der Waals surface area (Å²) in [5, 5.41) is 4.22. The normalized spacial score (nSPS) is 25.6. The van der Waals surface area contributed by atoms with E-state index in [1.165, 1.54) is 11.1 Å². The number of hydrogen-bond acceptors (Lipinski definition) is 3. The highest BCUT2D eigenvalue weighted by atomic mass is 32.2. The Kier molecular flexibility index (Phi) is 3.35. The molecule has 1 unspecified atom stereocenters. The zero-order valence-electron chi connectivity index (χ0n) is 11.2. The number of aliphatic imine (C=N–C) groups is 1. The first-order chi connectivity index (χ1) is 9.15. The summed E-state index contributed by atoms with van der Waals surface area (Å²) in [5.74, 6) is 0.338. The van der Waals surface area contributed by atoms with Gasteiger partial charge in [0, 0.05) is 0 Å². The van der Waals surface area contributed by atoms with Crippen LogP contribution >= 0.6 is 11.8 Å². The Morgan fingerprint density at radius 2 is 2.16 bits per heavy atom. The van der Waals surface area contributed by atoms with Crippen LogP contribution in [0.3, 0.4) is 0 Å². The number of hydrogen-bond donors (Lipinski definition) is 1. The average Bonchev–Trinajstić information content (AvgIpc) is 2.95. The van der Waals surface area contributed by atoms with Crippen LogP contribution in [-0.4, -0.2) is 16.3 Å². The van der Waals surface area contributed by atoms with E-state index in [4.69, 9.17) is 0 Å². The summed E-state index contributed by atoms with van der Waals surface area (Å²) in [6.45, 7) is 4.14. The molecule has 1 aromatic rings. The summed E-state index contributed by atoms with van der Waals surface area (Å²) in [5.41, 5.74) is 2.77. The van der Waals surface area contributed by atoms with Gasteiger partial charge in [-0.25, -0.2) is 0 Å². The molecule has 0 aromatic heterocycles. The number of carbonyl (C=O) groups excluding carboxylic acids is 1. The van der Waals surface area contributed by atoms with Crippen molar-refractivity contribution in [1.29, 1.82) is 0 Å². The maximum absolute atomic E-state index is 11.8. The highest BCUT2D eigenvalue weighted by Gasteiger charge is 2.33. The SMILES string of the molecule is CC(C)C1SC(N[C@H]2CCc3ccccc32)=NC1=O. The minimum atomic E-state index is -0.0147. The van der Waals surface area contributed by atoms with Crippen molar-refractivity contribution in [2.75, 3.05) is 0 Å². The van der Waals surface area contributed by atoms with E-state index in [9.17, 15) is 4.79 Å². The molecule has 3 rings (SSSR count). The lowest BCUT2D eigenvalue weighted by molar-refractivity contribution is -0.117. The summed E-state index contributed by atoms with van der Waals surface area (Å²) >= 11 is 1.58. The molecule has 1 heterocycles. The average molecular weight is 274 g/mol. The number of nitrogens with zero attached hydrogens (tertiary/aromatic N) is 1. The molecule has 1 aliphatic heterocycles. The van der Waals surface area contributed by atoms with Crippen LogP contribution in [0.25, 0.3) is 0 Å². The second-order valence-corrected chi connectivity index (χ2v) is 6.60. The fraction of sp³-hybridized carbons (Fsp3) is 0.467. The molecule has 1 N–H and O–H groups in total. The molecule has 0 saturated heterocycles. The molecule has 2 aliphatic rings. The summed E-state index contributed by atoms with van der Waals surface area (Å²) in [6.07, 6.45) is 2.19. The molecule has 19 heavy (non-hydrogen) atoms. The molecule has 2 atom stereocenters. The molecule has 0 radical (unpaired) electrons. The second-order valence-electron chi connectivity index (χ2n) is 5.47. The number of amides is 1. The number of nitrogens with one attached hydrogen (secondary N) is 1. The van der Waals surface area contributed by atoms with Crippen molar-refractivity contribution in [3.8, 4) is 0 Å². The molecule has 0 bridgehead atoms. The Labute approximate surface area is 117 Å². The van der Waals surface area contributed by atoms with Crippen molar-refractivity contribution in [1.82, 2.24) is 5.32 Å². The Balaban J connectivity index is 1.71. The van der Waals surface area contributed by atoms with Crippen LogP contribution in [0.5, 0.6) is 0 Å². The van der Waals surface area contributed by atoms with Crippen molar-refractivity contribution in [3.63, 3.8) is 0 Å². The van der Waals surface area contributed by atoms with Crippen LogP contribution in [0.15, 0.2) is 29.3 Å². The lowest BCUT2D eigenvalue weighted by Gasteiger charge is -2.16. The topological polar surface area (TPSA) is 41.5 Å². The Bertz CT molecular complexity index is 539. The third-order valence-electron chi connectivity index (χ3n) is 3.73. The number of thioether (sulfide) groups is 1. The van der Waals surface area contributed by atoms with Gasteiger partial charge < -0.3 is 5.32 Å². The summed E-state index contributed by atoms with van der Waals surface area (Å²) in [4.78, 5) is 16.0. The van der Waals surface area contributed by atoms with Crippen molar-refractivity contribution in [2.45, 2.75) is 38.0 Å². The molecule has 100 valence electrons. The predicted molar refractivity (Wildman–Crippen MR) is 79.3 cm³/mol. The molecular formula is C15H18N2OS. The first-order valence-electron chi connectivity index (χ1n) is 6.78. The standard InChI is InChI=1S/C15H18N2OS/c1-9(2)13-14(18)17-15(19-13)16-12-8-7-10-5-3-4-6-11(10)12/h3-6,9,12-13H,7-8H2,1-2H3,(H,16,17,18)/t12-,13?/m0/s1. The maximum atomic E-state index is 11.8. The van der Waals surface area contributed by atoms with Gasteiger partial charge in [-0.05, 0) is 29.9 Å². The van der Waals surface area contributed by atoms with Gasteiger partial charge in [0.25, 0.3) is 5.91 Å². The molecule has 3 nitrogen and oxygen atoms in total. The third kappa shape index (κ3) is 2.41. The summed E-state index contributed by atoms with van der Waals surface area (Å²) < 4.78 is 0. The van der Waals surface area contributed by atoms with Gasteiger partial charge in [0.15, 0.2) is 5.17 Å². The van der Waals surface area contributed by atoms with Gasteiger partial charge in [0.2, 0.25) is 0 Å². The van der Waals surface area contributed by atoms with Crippen molar-refractivity contribution >= 4 is 22.8 Å². The molecule has 4 heteroatoms. The van der Waals surface area contributed by atoms with Crippen LogP contribution in [0, 0.1) is 5.92 Å². The fourth-order valence-corrected chi connectivity index (χ4v) is 3.72. The fourth-order valence-electron chi connectivity index (χ4n) is 2.70. The zero-order valence-corrected chi connectivity index (χ0v) is 12.0. The van der Waals surface area contributed by atoms with E-state index in [2.05, 4.69) is 48.4 Å². The van der Waals surface area contributed by atoms with E-state index in [0.29, 0.717) is 12.0 Å². The van der Waals surface area contributed by atoms with E-state index in [1.807, 2.05) is 0 Å². The third-order valence-corrected chi connectivity index (χ3v) is 5.16. The van der Waals surface area contributed by atoms with E-state index in [0.717, 1.165) is 18.0 Å². The van der Waals surface area contributed by atoms with E-state index < -0.39 is 0 Å². The predicted octanol–water partition coefficient (Wildman–Crippen LogP) is 2.92. The Hall–Kier alpha value is -1.29. The molecule has 1 aliphatic carbocycles. The number of benzene rings is 1. The highest BCUT2D eigenvalue weighted by Crippen LogP contribution is 2.33. The lowest BCUT2D eigenvalue weighted by Crippen LogP contribution is -2.24. The minimum Gasteiger partial charge on any atom is -0.358 e. The molecule has 0 fully saturated rings. The molecule has 0 spiro atoms. The van der Waals surface area contributed by atoms with E-state index >= 15 is 0 Å². The first kappa shape index (κ1) is 12.7. The number of rotatable bonds is 2.